The summed E-state index contributed by atoms with van der Waals surface area (Å²) in [6, 6.07) is 17.2. The van der Waals surface area contributed by atoms with E-state index in [0.717, 1.165) is 28.6 Å². The van der Waals surface area contributed by atoms with Gasteiger partial charge in [0.05, 0.1) is 6.54 Å². The van der Waals surface area contributed by atoms with Gasteiger partial charge in [0.2, 0.25) is 0 Å². The van der Waals surface area contributed by atoms with E-state index in [2.05, 4.69) is 22.2 Å². The number of anilines is 1. The number of para-hydroxylation sites is 1. The molecule has 0 bridgehead atoms. The molecule has 1 aromatic heterocycles. The molecule has 0 saturated carbocycles. The molecule has 0 unspecified atom stereocenters. The maximum atomic E-state index is 5.97. The van der Waals surface area contributed by atoms with Gasteiger partial charge >= 0.3 is 0 Å². The maximum absolute atomic E-state index is 5.97. The highest BCUT2D eigenvalue weighted by atomic mass is 127. The molecule has 0 aliphatic heterocycles. The molecule has 5 nitrogen and oxygen atoms in total. The number of ether oxygens (including phenoxy) is 1. The van der Waals surface area contributed by atoms with Crippen molar-refractivity contribution in [3.8, 4) is 11.5 Å². The van der Waals surface area contributed by atoms with E-state index < -0.39 is 0 Å². The lowest BCUT2D eigenvalue weighted by molar-refractivity contribution is 0.483. The van der Waals surface area contributed by atoms with Gasteiger partial charge in [0.25, 0.3) is 0 Å². The molecule has 0 amide bonds. The third kappa shape index (κ3) is 5.99. The molecule has 0 aliphatic carbocycles. The normalized spacial score (nSPS) is 10.9. The summed E-state index contributed by atoms with van der Waals surface area (Å²) in [6.45, 7) is 2.59. The highest BCUT2D eigenvalue weighted by Crippen LogP contribution is 2.23. The van der Waals surface area contributed by atoms with Crippen molar-refractivity contribution in [3.63, 3.8) is 0 Å². The lowest BCUT2D eigenvalue weighted by Crippen LogP contribution is -2.22. The van der Waals surface area contributed by atoms with Crippen molar-refractivity contribution in [3.05, 3.63) is 70.7 Å². The quantitative estimate of drug-likeness (QED) is 0.295. The van der Waals surface area contributed by atoms with Gasteiger partial charge in [-0.15, -0.1) is 35.3 Å². The smallest absolute Gasteiger partial charge is 0.193 e. The van der Waals surface area contributed by atoms with Crippen LogP contribution in [0.15, 0.2) is 65.8 Å². The zero-order valence-corrected chi connectivity index (χ0v) is 17.5. The zero-order valence-electron chi connectivity index (χ0n) is 14.4. The molecule has 0 fully saturated rings. The van der Waals surface area contributed by atoms with E-state index >= 15 is 0 Å². The first kappa shape index (κ1) is 20.2. The van der Waals surface area contributed by atoms with E-state index in [1.165, 1.54) is 4.88 Å². The maximum Gasteiger partial charge on any atom is 0.193 e. The Hall–Kier alpha value is -2.13. The van der Waals surface area contributed by atoms with Crippen LogP contribution in [0, 0.1) is 0 Å². The molecule has 0 aliphatic rings. The lowest BCUT2D eigenvalue weighted by Gasteiger charge is -2.09. The summed E-state index contributed by atoms with van der Waals surface area (Å²) in [5.74, 6) is 1.87. The number of aromatic nitrogens is 1. The first-order chi connectivity index (χ1) is 12.2. The molecule has 3 rings (SSSR count). The second-order valence-electron chi connectivity index (χ2n) is 5.34. The summed E-state index contributed by atoms with van der Waals surface area (Å²) >= 11 is 1.66. The van der Waals surface area contributed by atoms with Crippen molar-refractivity contribution in [1.29, 1.82) is 0 Å². The van der Waals surface area contributed by atoms with Gasteiger partial charge < -0.3 is 15.8 Å². The Kier molecular flexibility index (Phi) is 7.86. The largest absolute Gasteiger partial charge is 0.457 e. The molecule has 2 aromatic carbocycles. The highest BCUT2D eigenvalue weighted by Gasteiger charge is 2.02. The van der Waals surface area contributed by atoms with Crippen LogP contribution in [0.25, 0.3) is 0 Å². The molecule has 0 radical (unpaired) electrons. The minimum absolute atomic E-state index is 0. The van der Waals surface area contributed by atoms with E-state index in [9.17, 15) is 0 Å². The molecule has 3 N–H and O–H groups in total. The number of nitrogens with two attached hydrogens (primary N) is 1. The standard InChI is InChI=1S/C19H20N4OS.HI/c1-2-17-12-21-18(25-17)13-22-19(20)23-14-7-6-10-16(11-14)24-15-8-4-3-5-9-15;/h3-12H,2,13H2,1H3,(H3,20,22,23);1H. The summed E-state index contributed by atoms with van der Waals surface area (Å²) in [5, 5.41) is 4.04. The number of nitrogens with one attached hydrogen (secondary N) is 1. The fourth-order valence-electron chi connectivity index (χ4n) is 2.19. The van der Waals surface area contributed by atoms with Crippen LogP contribution in [-0.4, -0.2) is 10.9 Å². The van der Waals surface area contributed by atoms with Crippen molar-refractivity contribution in [1.82, 2.24) is 4.98 Å². The Morgan fingerprint density at radius 1 is 1.15 bits per heavy atom. The lowest BCUT2D eigenvalue weighted by atomic mass is 10.3. The van der Waals surface area contributed by atoms with Gasteiger partial charge in [0.15, 0.2) is 5.96 Å². The Labute approximate surface area is 174 Å². The Morgan fingerprint density at radius 3 is 2.65 bits per heavy atom. The molecular formula is C19H21IN4OS. The van der Waals surface area contributed by atoms with Crippen LogP contribution >= 0.6 is 35.3 Å². The monoisotopic (exact) mass is 480 g/mol. The first-order valence-corrected chi connectivity index (χ1v) is 8.88. The SMILES string of the molecule is CCc1cnc(CN=C(N)Nc2cccc(Oc3ccccc3)c2)s1.I. The molecule has 0 spiro atoms. The van der Waals surface area contributed by atoms with Gasteiger partial charge in [-0.1, -0.05) is 31.2 Å². The van der Waals surface area contributed by atoms with Gasteiger partial charge in [-0.3, -0.25) is 0 Å². The number of rotatable bonds is 6. The average molecular weight is 480 g/mol. The van der Waals surface area contributed by atoms with E-state index in [1.807, 2.05) is 60.8 Å². The number of hydrogen-bond donors (Lipinski definition) is 2. The zero-order chi connectivity index (χ0) is 17.5. The number of thiazole rings is 1. The third-order valence-electron chi connectivity index (χ3n) is 3.42. The van der Waals surface area contributed by atoms with Crippen LogP contribution in [0.4, 0.5) is 5.69 Å². The molecule has 0 saturated heterocycles. The summed E-state index contributed by atoms with van der Waals surface area (Å²) < 4.78 is 5.82. The second-order valence-corrected chi connectivity index (χ2v) is 6.54. The van der Waals surface area contributed by atoms with Crippen molar-refractivity contribution in [2.24, 2.45) is 10.7 Å². The molecular weight excluding hydrogens is 459 g/mol. The number of nitrogens with zero attached hydrogens (tertiary/aromatic N) is 2. The topological polar surface area (TPSA) is 72.5 Å². The minimum atomic E-state index is 0. The first-order valence-electron chi connectivity index (χ1n) is 8.06. The number of benzene rings is 2. The van der Waals surface area contributed by atoms with Crippen molar-refractivity contribution in [2.75, 3.05) is 5.32 Å². The van der Waals surface area contributed by atoms with Crippen molar-refractivity contribution < 1.29 is 4.74 Å². The van der Waals surface area contributed by atoms with Gasteiger partial charge in [-0.05, 0) is 30.7 Å². The highest BCUT2D eigenvalue weighted by molar-refractivity contribution is 14.0. The van der Waals surface area contributed by atoms with Crippen molar-refractivity contribution in [2.45, 2.75) is 19.9 Å². The Balaban J connectivity index is 0.00000243. The van der Waals surface area contributed by atoms with Gasteiger partial charge in [-0.25, -0.2) is 9.98 Å². The van der Waals surface area contributed by atoms with Crippen LogP contribution in [0.5, 0.6) is 11.5 Å². The summed E-state index contributed by atoms with van der Waals surface area (Å²) in [5.41, 5.74) is 6.79. The average Bonchev–Trinajstić information content (AvgIpc) is 3.09. The number of guanidine groups is 1. The number of halogens is 1. The van der Waals surface area contributed by atoms with E-state index in [4.69, 9.17) is 10.5 Å². The summed E-state index contributed by atoms with van der Waals surface area (Å²) in [4.78, 5) is 9.93. The fraction of sp³-hybridized carbons (Fsp3) is 0.158. The van der Waals surface area contributed by atoms with Gasteiger partial charge in [0.1, 0.15) is 16.5 Å². The molecule has 3 aromatic rings. The van der Waals surface area contributed by atoms with E-state index in [-0.39, 0.29) is 24.0 Å². The predicted octanol–water partition coefficient (Wildman–Crippen LogP) is 5.04. The number of hydrogen-bond acceptors (Lipinski definition) is 4. The summed E-state index contributed by atoms with van der Waals surface area (Å²) in [6.07, 6.45) is 2.88. The second kappa shape index (κ2) is 10.1. The van der Waals surface area contributed by atoms with Gasteiger partial charge in [0, 0.05) is 22.8 Å². The number of aliphatic imine (C=N–C) groups is 1. The molecule has 0 atom stereocenters. The van der Waals surface area contributed by atoms with Crippen LogP contribution in [0.1, 0.15) is 16.8 Å². The Bertz CT molecular complexity index is 852. The third-order valence-corrected chi connectivity index (χ3v) is 4.55. The van der Waals surface area contributed by atoms with Crippen molar-refractivity contribution >= 4 is 47.0 Å². The molecule has 26 heavy (non-hydrogen) atoms. The van der Waals surface area contributed by atoms with Crippen LogP contribution in [0.2, 0.25) is 0 Å². The fourth-order valence-corrected chi connectivity index (χ4v) is 2.97. The van der Waals surface area contributed by atoms with E-state index in [0.29, 0.717) is 12.5 Å². The molecule has 7 heteroatoms. The molecule has 136 valence electrons. The Morgan fingerprint density at radius 2 is 1.92 bits per heavy atom. The summed E-state index contributed by atoms with van der Waals surface area (Å²) in [7, 11) is 0. The van der Waals surface area contributed by atoms with E-state index in [1.54, 1.807) is 11.3 Å². The van der Waals surface area contributed by atoms with Crippen LogP contribution in [-0.2, 0) is 13.0 Å². The molecule has 1 heterocycles. The number of aryl methyl sites for hydroxylation is 1. The van der Waals surface area contributed by atoms with Crippen LogP contribution in [0.3, 0.4) is 0 Å². The van der Waals surface area contributed by atoms with Gasteiger partial charge in [-0.2, -0.15) is 0 Å². The van der Waals surface area contributed by atoms with Crippen LogP contribution < -0.4 is 15.8 Å². The minimum Gasteiger partial charge on any atom is -0.457 e. The predicted molar refractivity (Wildman–Crippen MR) is 119 cm³/mol.